The predicted molar refractivity (Wildman–Crippen MR) is 164 cm³/mol. The van der Waals surface area contributed by atoms with Crippen LogP contribution in [0.2, 0.25) is 6.32 Å². The minimum atomic E-state index is -1.14. The number of nitrogens with zero attached hydrogens (tertiary/aromatic N) is 1. The number of hydrogen-bond donors (Lipinski definition) is 2. The maximum Gasteiger partial charge on any atom is 0.455 e. The van der Waals surface area contributed by atoms with Gasteiger partial charge in [-0.05, 0) is 79.4 Å². The fourth-order valence-electron chi connectivity index (χ4n) is 6.62. The number of aromatic hydroxyl groups is 1. The van der Waals surface area contributed by atoms with E-state index in [0.717, 1.165) is 41.1 Å². The molecule has 226 valence electrons. The number of carbonyl (C=O) groups excluding carboxylic acids is 3. The minimum absolute atomic E-state index is 0.124. The summed E-state index contributed by atoms with van der Waals surface area (Å²) in [5.41, 5.74) is 3.51. The summed E-state index contributed by atoms with van der Waals surface area (Å²) >= 11 is 3.47. The highest BCUT2D eigenvalue weighted by Crippen LogP contribution is 2.51. The largest absolute Gasteiger partial charge is 0.507 e. The number of hydrogen-bond acceptors (Lipinski definition) is 8. The quantitative estimate of drug-likeness (QED) is 0.199. The summed E-state index contributed by atoms with van der Waals surface area (Å²) in [6.07, 6.45) is 3.66. The molecular formula is C32H35BBrNO8. The van der Waals surface area contributed by atoms with Gasteiger partial charge in [-0.2, -0.15) is 4.90 Å². The second-order valence-electron chi connectivity index (χ2n) is 11.2. The predicted octanol–water partition coefficient (Wildman–Crippen LogP) is 5.76. The van der Waals surface area contributed by atoms with Crippen molar-refractivity contribution >= 4 is 47.0 Å². The van der Waals surface area contributed by atoms with E-state index in [1.54, 1.807) is 12.1 Å². The molecule has 2 N–H and O–H groups in total. The molecule has 3 amide bonds. The number of phenols is 1. The Bertz CT molecular complexity index is 1440. The van der Waals surface area contributed by atoms with E-state index < -0.39 is 48.9 Å². The summed E-state index contributed by atoms with van der Waals surface area (Å²) in [6, 6.07) is 14.6. The third-order valence-electron chi connectivity index (χ3n) is 8.47. The molecule has 0 spiro atoms. The number of para-hydroxylation sites is 1. The van der Waals surface area contributed by atoms with E-state index in [-0.39, 0.29) is 25.1 Å². The maximum atomic E-state index is 13.5. The van der Waals surface area contributed by atoms with Gasteiger partial charge in [-0.15, -0.1) is 0 Å². The molecule has 1 aliphatic carbocycles. The highest BCUT2D eigenvalue weighted by atomic mass is 79.9. The Kier molecular flexibility index (Phi) is 9.73. The van der Waals surface area contributed by atoms with Gasteiger partial charge in [0.2, 0.25) is 11.8 Å². The van der Waals surface area contributed by atoms with E-state index in [9.17, 15) is 24.5 Å². The average Bonchev–Trinajstić information content (AvgIpc) is 3.25. The summed E-state index contributed by atoms with van der Waals surface area (Å²) in [5, 5.41) is 21.3. The lowest BCUT2D eigenvalue weighted by Gasteiger charge is -2.43. The second-order valence-corrected chi connectivity index (χ2v) is 12.1. The molecule has 5 rings (SSSR count). The van der Waals surface area contributed by atoms with Crippen LogP contribution in [0.5, 0.6) is 11.5 Å². The molecule has 0 unspecified atom stereocenters. The minimum Gasteiger partial charge on any atom is -0.507 e. The van der Waals surface area contributed by atoms with Gasteiger partial charge < -0.3 is 24.3 Å². The third kappa shape index (κ3) is 6.58. The molecule has 4 atom stereocenters. The van der Waals surface area contributed by atoms with Gasteiger partial charge in [0, 0.05) is 10.0 Å². The van der Waals surface area contributed by atoms with E-state index in [4.69, 9.17) is 14.1 Å². The molecule has 43 heavy (non-hydrogen) atoms. The van der Waals surface area contributed by atoms with Crippen LogP contribution in [0.3, 0.4) is 0 Å². The van der Waals surface area contributed by atoms with Gasteiger partial charge in [0.05, 0.1) is 25.0 Å². The van der Waals surface area contributed by atoms with Crippen LogP contribution < -0.4 is 4.74 Å². The van der Waals surface area contributed by atoms with E-state index in [1.165, 1.54) is 0 Å². The Morgan fingerprint density at radius 3 is 2.63 bits per heavy atom. The first-order chi connectivity index (χ1) is 20.7. The van der Waals surface area contributed by atoms with Crippen LogP contribution >= 0.6 is 15.9 Å². The van der Waals surface area contributed by atoms with Crippen molar-refractivity contribution in [2.24, 2.45) is 17.8 Å². The SMILES string of the molecule is CCC/C(=C\c1cc(Br)ccc1O)CC[C@H]1OB(O)C[C@H]2C1=C(COc1ccccc1)C[C@H]1C(=O)N(C(=O)OC)C(=O)[C@H]12. The molecule has 2 heterocycles. The van der Waals surface area contributed by atoms with Crippen LogP contribution in [-0.4, -0.2) is 59.9 Å². The van der Waals surface area contributed by atoms with Crippen molar-refractivity contribution in [3.8, 4) is 11.5 Å². The van der Waals surface area contributed by atoms with Crippen molar-refractivity contribution in [3.05, 3.63) is 75.3 Å². The monoisotopic (exact) mass is 651 g/mol. The Labute approximate surface area is 259 Å². The normalized spacial score (nSPS) is 23.8. The zero-order chi connectivity index (χ0) is 30.7. The van der Waals surface area contributed by atoms with Crippen molar-refractivity contribution in [1.29, 1.82) is 0 Å². The standard InChI is InChI=1S/C32H35BBrNO8/c1-3-7-19(14-20-15-22(34)11-12-26(20)36)10-13-27-28-21(18-42-23-8-5-4-6-9-23)16-24-29(25(28)17-33(40)43-27)31(38)35(30(24)37)32(39)41-2/h4-6,8-9,11-12,14-15,24-25,27,29,36,40H,3,7,10,13,16-18H2,1-2H3/b19-14+/t24-,25+,27-,29-/m1/s1. The number of benzene rings is 2. The second kappa shape index (κ2) is 13.5. The number of allylic oxidation sites excluding steroid dienone is 1. The van der Waals surface area contributed by atoms with Crippen LogP contribution in [0.25, 0.3) is 6.08 Å². The van der Waals surface area contributed by atoms with Crippen LogP contribution in [-0.2, 0) is 19.0 Å². The highest BCUT2D eigenvalue weighted by molar-refractivity contribution is 9.10. The van der Waals surface area contributed by atoms with Gasteiger partial charge in [-0.3, -0.25) is 9.59 Å². The fourth-order valence-corrected chi connectivity index (χ4v) is 7.00. The smallest absolute Gasteiger partial charge is 0.455 e. The highest BCUT2D eigenvalue weighted by Gasteiger charge is 2.59. The first-order valence-corrected chi connectivity index (χ1v) is 15.4. The van der Waals surface area contributed by atoms with Crippen molar-refractivity contribution in [1.82, 2.24) is 4.90 Å². The summed E-state index contributed by atoms with van der Waals surface area (Å²) < 4.78 is 17.9. The summed E-state index contributed by atoms with van der Waals surface area (Å²) in [4.78, 5) is 39.9. The Morgan fingerprint density at radius 2 is 1.91 bits per heavy atom. The maximum absolute atomic E-state index is 13.5. The molecule has 2 aromatic rings. The lowest BCUT2D eigenvalue weighted by molar-refractivity contribution is -0.137. The molecule has 11 heteroatoms. The van der Waals surface area contributed by atoms with Crippen molar-refractivity contribution in [2.75, 3.05) is 13.7 Å². The molecule has 0 bridgehead atoms. The van der Waals surface area contributed by atoms with Crippen LogP contribution in [0.4, 0.5) is 4.79 Å². The van der Waals surface area contributed by atoms with Gasteiger partial charge in [-0.25, -0.2) is 4.79 Å². The molecule has 2 saturated heterocycles. The fraction of sp³-hybridized carbons (Fsp3) is 0.406. The number of imide groups is 3. The molecule has 0 aromatic heterocycles. The molecule has 9 nitrogen and oxygen atoms in total. The first kappa shape index (κ1) is 31.0. The number of methoxy groups -OCH3 is 1. The van der Waals surface area contributed by atoms with Gasteiger partial charge in [-0.1, -0.05) is 59.1 Å². The lowest BCUT2D eigenvalue weighted by atomic mass is 9.58. The van der Waals surface area contributed by atoms with E-state index >= 15 is 0 Å². The van der Waals surface area contributed by atoms with Crippen LogP contribution in [0.1, 0.15) is 44.6 Å². The van der Waals surface area contributed by atoms with Crippen LogP contribution in [0.15, 0.2) is 69.7 Å². The number of halogens is 1. The van der Waals surface area contributed by atoms with E-state index in [2.05, 4.69) is 22.9 Å². The topological polar surface area (TPSA) is 123 Å². The van der Waals surface area contributed by atoms with E-state index in [1.807, 2.05) is 42.5 Å². The number of phenolic OH excluding ortho intramolecular Hbond substituents is 1. The third-order valence-corrected chi connectivity index (χ3v) is 8.96. The summed E-state index contributed by atoms with van der Waals surface area (Å²) in [5.74, 6) is -2.39. The number of likely N-dealkylation sites (tertiary alicyclic amines) is 1. The van der Waals surface area contributed by atoms with Crippen molar-refractivity contribution in [3.63, 3.8) is 0 Å². The molecule has 0 radical (unpaired) electrons. The molecular weight excluding hydrogens is 617 g/mol. The molecule has 3 aliphatic rings. The van der Waals surface area contributed by atoms with E-state index in [0.29, 0.717) is 29.1 Å². The van der Waals surface area contributed by atoms with Gasteiger partial charge in [0.1, 0.15) is 18.1 Å². The summed E-state index contributed by atoms with van der Waals surface area (Å²) in [6.45, 7) is 2.27. The summed E-state index contributed by atoms with van der Waals surface area (Å²) in [7, 11) is -0.00593. The molecule has 2 aromatic carbocycles. The lowest BCUT2D eigenvalue weighted by Crippen LogP contribution is -2.46. The zero-order valence-electron chi connectivity index (χ0n) is 24.2. The average molecular weight is 652 g/mol. The van der Waals surface area contributed by atoms with Gasteiger partial charge >= 0.3 is 13.2 Å². The number of amides is 3. The van der Waals surface area contributed by atoms with Crippen molar-refractivity contribution < 1.29 is 38.6 Å². The van der Waals surface area contributed by atoms with Gasteiger partial charge in [0.25, 0.3) is 0 Å². The molecule has 2 fully saturated rings. The Hall–Kier alpha value is -3.41. The Balaban J connectivity index is 1.48. The number of carbonyl (C=O) groups is 3. The number of rotatable bonds is 9. The number of ether oxygens (including phenoxy) is 2. The van der Waals surface area contributed by atoms with Crippen LogP contribution in [0, 0.1) is 17.8 Å². The van der Waals surface area contributed by atoms with Gasteiger partial charge in [0.15, 0.2) is 0 Å². The van der Waals surface area contributed by atoms with Crippen molar-refractivity contribution in [2.45, 2.75) is 51.5 Å². The zero-order valence-corrected chi connectivity index (χ0v) is 25.8. The first-order valence-electron chi connectivity index (χ1n) is 14.6. The molecule has 0 saturated carbocycles. The Morgan fingerprint density at radius 1 is 1.14 bits per heavy atom. The number of fused-ring (bicyclic) bond motifs is 3. The molecule has 2 aliphatic heterocycles.